The molecular formula is C17H22ClFN2OS. The minimum Gasteiger partial charge on any atom is -0.334 e. The fourth-order valence-electron chi connectivity index (χ4n) is 3.28. The van der Waals surface area contributed by atoms with Gasteiger partial charge in [0.05, 0.1) is 4.88 Å². The number of fused-ring (bicyclic) bond motifs is 1. The van der Waals surface area contributed by atoms with Crippen LogP contribution in [0, 0.1) is 18.7 Å². The number of amides is 1. The molecule has 1 aliphatic rings. The molecule has 3 nitrogen and oxygen atoms in total. The van der Waals surface area contributed by atoms with Gasteiger partial charge in [0, 0.05) is 23.8 Å². The maximum Gasteiger partial charge on any atom is 0.264 e. The molecule has 0 spiro atoms. The number of nitrogens with zero attached hydrogens (tertiary/aromatic N) is 1. The van der Waals surface area contributed by atoms with Gasteiger partial charge in [-0.25, -0.2) is 4.39 Å². The molecule has 23 heavy (non-hydrogen) atoms. The van der Waals surface area contributed by atoms with Crippen LogP contribution in [0.25, 0.3) is 10.1 Å². The SMILES string of the molecule is Cc1c(C(=O)N2CCC(C)CC2CN)sc2cc(F)ccc12.Cl. The zero-order valence-electron chi connectivity index (χ0n) is 13.3. The number of piperidine rings is 1. The van der Waals surface area contributed by atoms with Gasteiger partial charge in [0.2, 0.25) is 0 Å². The lowest BCUT2D eigenvalue weighted by Gasteiger charge is -2.37. The summed E-state index contributed by atoms with van der Waals surface area (Å²) in [6.07, 6.45) is 1.97. The molecule has 2 unspecified atom stereocenters. The fraction of sp³-hybridized carbons (Fsp3) is 0.471. The number of carbonyl (C=O) groups excluding carboxylic acids is 1. The highest BCUT2D eigenvalue weighted by molar-refractivity contribution is 7.21. The van der Waals surface area contributed by atoms with Gasteiger partial charge in [-0.05, 0) is 48.8 Å². The summed E-state index contributed by atoms with van der Waals surface area (Å²) in [6, 6.07) is 4.81. The van der Waals surface area contributed by atoms with Crippen molar-refractivity contribution in [3.63, 3.8) is 0 Å². The number of halogens is 2. The largest absolute Gasteiger partial charge is 0.334 e. The number of thiophene rings is 1. The number of aryl methyl sites for hydroxylation is 1. The van der Waals surface area contributed by atoms with Crippen LogP contribution in [-0.4, -0.2) is 29.9 Å². The smallest absolute Gasteiger partial charge is 0.264 e. The van der Waals surface area contributed by atoms with Gasteiger partial charge >= 0.3 is 0 Å². The van der Waals surface area contributed by atoms with Crippen LogP contribution in [0.15, 0.2) is 18.2 Å². The van der Waals surface area contributed by atoms with Crippen LogP contribution in [-0.2, 0) is 0 Å². The van der Waals surface area contributed by atoms with E-state index in [0.29, 0.717) is 17.3 Å². The Labute approximate surface area is 146 Å². The summed E-state index contributed by atoms with van der Waals surface area (Å²) in [5.74, 6) is 0.385. The van der Waals surface area contributed by atoms with Crippen LogP contribution in [0.4, 0.5) is 4.39 Å². The summed E-state index contributed by atoms with van der Waals surface area (Å²) in [5.41, 5.74) is 6.81. The van der Waals surface area contributed by atoms with Gasteiger partial charge in [-0.2, -0.15) is 0 Å². The van der Waals surface area contributed by atoms with Gasteiger partial charge in [0.25, 0.3) is 5.91 Å². The minimum atomic E-state index is -0.264. The predicted molar refractivity (Wildman–Crippen MR) is 96.0 cm³/mol. The highest BCUT2D eigenvalue weighted by Crippen LogP contribution is 2.33. The van der Waals surface area contributed by atoms with E-state index >= 15 is 0 Å². The lowest BCUT2D eigenvalue weighted by atomic mass is 9.92. The third-order valence-electron chi connectivity index (χ3n) is 4.61. The average Bonchev–Trinajstić information content (AvgIpc) is 2.82. The predicted octanol–water partition coefficient (Wildman–Crippen LogP) is 3.97. The van der Waals surface area contributed by atoms with Crippen LogP contribution in [0.5, 0.6) is 0 Å². The van der Waals surface area contributed by atoms with E-state index in [1.54, 1.807) is 6.07 Å². The maximum absolute atomic E-state index is 13.4. The molecule has 0 radical (unpaired) electrons. The molecule has 0 aliphatic carbocycles. The second-order valence-electron chi connectivity index (χ2n) is 6.21. The molecule has 1 aromatic carbocycles. The van der Waals surface area contributed by atoms with E-state index < -0.39 is 0 Å². The van der Waals surface area contributed by atoms with E-state index in [1.165, 1.54) is 23.5 Å². The van der Waals surface area contributed by atoms with Crippen LogP contribution < -0.4 is 5.73 Å². The molecule has 1 aliphatic heterocycles. The average molecular weight is 357 g/mol. The third-order valence-corrected chi connectivity index (χ3v) is 5.85. The monoisotopic (exact) mass is 356 g/mol. The molecule has 2 N–H and O–H groups in total. The molecule has 3 rings (SSSR count). The molecule has 2 heterocycles. The molecule has 2 atom stereocenters. The van der Waals surface area contributed by atoms with Crippen molar-refractivity contribution in [1.82, 2.24) is 4.90 Å². The van der Waals surface area contributed by atoms with E-state index in [4.69, 9.17) is 5.73 Å². The summed E-state index contributed by atoms with van der Waals surface area (Å²) in [7, 11) is 0. The third kappa shape index (κ3) is 3.37. The van der Waals surface area contributed by atoms with E-state index in [9.17, 15) is 9.18 Å². The van der Waals surface area contributed by atoms with Crippen molar-refractivity contribution in [2.75, 3.05) is 13.1 Å². The van der Waals surface area contributed by atoms with Gasteiger partial charge in [-0.3, -0.25) is 4.79 Å². The zero-order chi connectivity index (χ0) is 15.9. The number of rotatable bonds is 2. The van der Waals surface area contributed by atoms with E-state index in [-0.39, 0.29) is 30.2 Å². The van der Waals surface area contributed by atoms with Gasteiger partial charge in [-0.1, -0.05) is 13.0 Å². The highest BCUT2D eigenvalue weighted by atomic mass is 35.5. The number of nitrogens with two attached hydrogens (primary N) is 1. The Kier molecular flexibility index (Phi) is 5.65. The van der Waals surface area contributed by atoms with Gasteiger partial charge < -0.3 is 10.6 Å². The molecular weight excluding hydrogens is 335 g/mol. The quantitative estimate of drug-likeness (QED) is 0.884. The molecule has 1 saturated heterocycles. The van der Waals surface area contributed by atoms with Crippen molar-refractivity contribution in [3.05, 3.63) is 34.5 Å². The second kappa shape index (κ2) is 7.16. The lowest BCUT2D eigenvalue weighted by molar-refractivity contribution is 0.0578. The number of benzene rings is 1. The lowest BCUT2D eigenvalue weighted by Crippen LogP contribution is -2.49. The van der Waals surface area contributed by atoms with Crippen molar-refractivity contribution in [1.29, 1.82) is 0 Å². The number of likely N-dealkylation sites (tertiary alicyclic amines) is 1. The molecule has 0 saturated carbocycles. The summed E-state index contributed by atoms with van der Waals surface area (Å²) in [6.45, 7) is 5.39. The molecule has 1 aromatic heterocycles. The first-order valence-electron chi connectivity index (χ1n) is 7.71. The van der Waals surface area contributed by atoms with Gasteiger partial charge in [0.15, 0.2) is 0 Å². The van der Waals surface area contributed by atoms with Crippen molar-refractivity contribution >= 4 is 39.7 Å². The summed E-state index contributed by atoms with van der Waals surface area (Å²) in [5, 5.41) is 0.962. The Bertz CT molecular complexity index is 718. The normalized spacial score (nSPS) is 21.3. The van der Waals surface area contributed by atoms with Crippen molar-refractivity contribution in [2.45, 2.75) is 32.7 Å². The Morgan fingerprint density at radius 1 is 1.48 bits per heavy atom. The van der Waals surface area contributed by atoms with E-state index in [2.05, 4.69) is 6.92 Å². The first-order chi connectivity index (χ1) is 10.5. The topological polar surface area (TPSA) is 46.3 Å². The zero-order valence-corrected chi connectivity index (χ0v) is 15.0. The van der Waals surface area contributed by atoms with Gasteiger partial charge in [-0.15, -0.1) is 23.7 Å². The Morgan fingerprint density at radius 3 is 2.91 bits per heavy atom. The first kappa shape index (κ1) is 18.2. The van der Waals surface area contributed by atoms with E-state index in [0.717, 1.165) is 35.0 Å². The molecule has 2 aromatic rings. The van der Waals surface area contributed by atoms with Gasteiger partial charge in [0.1, 0.15) is 5.82 Å². The van der Waals surface area contributed by atoms with Crippen LogP contribution in [0.1, 0.15) is 35.0 Å². The van der Waals surface area contributed by atoms with Crippen molar-refractivity contribution < 1.29 is 9.18 Å². The second-order valence-corrected chi connectivity index (χ2v) is 7.27. The molecule has 1 fully saturated rings. The maximum atomic E-state index is 13.4. The van der Waals surface area contributed by atoms with Crippen molar-refractivity contribution in [3.8, 4) is 0 Å². The van der Waals surface area contributed by atoms with E-state index in [1.807, 2.05) is 11.8 Å². The summed E-state index contributed by atoms with van der Waals surface area (Å²) >= 11 is 1.38. The molecule has 6 heteroatoms. The molecule has 126 valence electrons. The van der Waals surface area contributed by atoms with Crippen molar-refractivity contribution in [2.24, 2.45) is 11.7 Å². The van der Waals surface area contributed by atoms with Crippen LogP contribution >= 0.6 is 23.7 Å². The number of hydrogen-bond acceptors (Lipinski definition) is 3. The fourth-order valence-corrected chi connectivity index (χ4v) is 4.47. The van der Waals surface area contributed by atoms with Crippen LogP contribution in [0.2, 0.25) is 0 Å². The Balaban J connectivity index is 0.00000192. The summed E-state index contributed by atoms with van der Waals surface area (Å²) < 4.78 is 14.2. The standard InChI is InChI=1S/C17H21FN2OS.ClH/c1-10-5-6-20(13(7-10)9-19)17(21)16-11(2)14-4-3-12(18)8-15(14)22-16;/h3-4,8,10,13H,5-7,9,19H2,1-2H3;1H. The Hall–Kier alpha value is -1.17. The summed E-state index contributed by atoms with van der Waals surface area (Å²) in [4.78, 5) is 15.6. The number of carbonyl (C=O) groups is 1. The molecule has 1 amide bonds. The highest BCUT2D eigenvalue weighted by Gasteiger charge is 2.31. The first-order valence-corrected chi connectivity index (χ1v) is 8.52. The number of hydrogen-bond donors (Lipinski definition) is 1. The van der Waals surface area contributed by atoms with Crippen LogP contribution in [0.3, 0.4) is 0 Å². The Morgan fingerprint density at radius 2 is 2.22 bits per heavy atom. The molecule has 0 bridgehead atoms. The minimum absolute atomic E-state index is 0.